The van der Waals surface area contributed by atoms with E-state index in [1.54, 1.807) is 0 Å². The average molecular weight is 183 g/mol. The fraction of sp³-hybridized carbons (Fsp3) is 0.600. The van der Waals surface area contributed by atoms with Gasteiger partial charge in [-0.2, -0.15) is 0 Å². The van der Waals surface area contributed by atoms with Crippen LogP contribution < -0.4 is 0 Å². The molecule has 0 unspecified atom stereocenters. The van der Waals surface area contributed by atoms with Gasteiger partial charge < -0.3 is 0 Å². The van der Waals surface area contributed by atoms with Crippen molar-refractivity contribution < 1.29 is 0 Å². The molecule has 0 aliphatic heterocycles. The molecule has 0 atom stereocenters. The van der Waals surface area contributed by atoms with Crippen LogP contribution in [-0.2, 0) is 0 Å². The van der Waals surface area contributed by atoms with E-state index in [-0.39, 0.29) is 0 Å². The molecule has 0 nitrogen and oxygen atoms in total. The summed E-state index contributed by atoms with van der Waals surface area (Å²) in [5.41, 5.74) is 0. The first-order valence-electron chi connectivity index (χ1n) is 2.18. The molecular formula is C5H12BrP. The summed E-state index contributed by atoms with van der Waals surface area (Å²) < 4.78 is 0. The van der Waals surface area contributed by atoms with Crippen molar-refractivity contribution in [1.29, 1.82) is 0 Å². The summed E-state index contributed by atoms with van der Waals surface area (Å²) in [4.78, 5) is 0. The van der Waals surface area contributed by atoms with E-state index < -0.39 is 5.31 Å². The van der Waals surface area contributed by atoms with Crippen molar-refractivity contribution in [2.24, 2.45) is 0 Å². The molecule has 0 radical (unpaired) electrons. The molecule has 0 N–H and O–H groups in total. The van der Waals surface area contributed by atoms with Gasteiger partial charge in [-0.1, -0.05) is 0 Å². The molecule has 7 heavy (non-hydrogen) atoms. The second-order valence-electron chi connectivity index (χ2n) is 2.90. The summed E-state index contributed by atoms with van der Waals surface area (Å²) in [6, 6.07) is 0. The Balaban J connectivity index is 4.10. The Morgan fingerprint density at radius 1 is 1.43 bits per heavy atom. The minimum absolute atomic E-state index is 1.50. The van der Waals surface area contributed by atoms with Crippen LogP contribution in [0.3, 0.4) is 0 Å². The van der Waals surface area contributed by atoms with Gasteiger partial charge in [0.05, 0.1) is 0 Å². The molecular weight excluding hydrogens is 171 g/mol. The molecule has 0 aromatic carbocycles. The Labute approximate surface area is 53.7 Å². The van der Waals surface area contributed by atoms with E-state index in [0.29, 0.717) is 0 Å². The van der Waals surface area contributed by atoms with Gasteiger partial charge in [-0.15, -0.1) is 0 Å². The van der Waals surface area contributed by atoms with Gasteiger partial charge in [0.15, 0.2) is 0 Å². The van der Waals surface area contributed by atoms with E-state index in [1.807, 2.05) is 5.82 Å². The van der Waals surface area contributed by atoms with E-state index >= 15 is 0 Å². The second kappa shape index (κ2) is 1.56. The normalized spacial score (nSPS) is 17.4. The van der Waals surface area contributed by atoms with E-state index in [0.717, 1.165) is 0 Å². The Hall–Kier alpha value is 0.650. The van der Waals surface area contributed by atoms with Crippen LogP contribution in [0, 0.1) is 0 Å². The van der Waals surface area contributed by atoms with Gasteiger partial charge in [0.25, 0.3) is 0 Å². The van der Waals surface area contributed by atoms with Crippen molar-refractivity contribution in [1.82, 2.24) is 0 Å². The van der Waals surface area contributed by atoms with Crippen LogP contribution in [-0.4, -0.2) is 20.0 Å². The molecule has 0 bridgehead atoms. The predicted molar refractivity (Wildman–Crippen MR) is 43.8 cm³/mol. The van der Waals surface area contributed by atoms with Gasteiger partial charge in [-0.25, -0.2) is 0 Å². The zero-order valence-corrected chi connectivity index (χ0v) is 7.59. The van der Waals surface area contributed by atoms with E-state index in [4.69, 9.17) is 0 Å². The predicted octanol–water partition coefficient (Wildman–Crippen LogP) is 2.88. The topological polar surface area (TPSA) is 0 Å². The van der Waals surface area contributed by atoms with Crippen LogP contribution in [0.15, 0.2) is 12.4 Å². The van der Waals surface area contributed by atoms with Crippen LogP contribution in [0.25, 0.3) is 0 Å². The van der Waals surface area contributed by atoms with Crippen LogP contribution in [0.1, 0.15) is 0 Å². The van der Waals surface area contributed by atoms with Gasteiger partial charge in [0.2, 0.25) is 0 Å². The first-order valence-corrected chi connectivity index (χ1v) is 7.84. The summed E-state index contributed by atoms with van der Waals surface area (Å²) in [5, 5.41) is -1.50. The maximum absolute atomic E-state index is 3.71. The Morgan fingerprint density at radius 2 is 1.57 bits per heavy atom. The van der Waals surface area contributed by atoms with Crippen molar-refractivity contribution in [3.8, 4) is 0 Å². The molecule has 2 heteroatoms. The van der Waals surface area contributed by atoms with Crippen LogP contribution in [0.4, 0.5) is 0 Å². The average Bonchev–Trinajstić information content (AvgIpc) is 1.32. The van der Waals surface area contributed by atoms with E-state index in [1.165, 1.54) is 0 Å². The number of hydrogen-bond acceptors (Lipinski definition) is 0. The van der Waals surface area contributed by atoms with Gasteiger partial charge in [0.1, 0.15) is 0 Å². The summed E-state index contributed by atoms with van der Waals surface area (Å²) in [5.74, 6) is 2.01. The first kappa shape index (κ1) is 7.65. The molecule has 0 amide bonds. The Morgan fingerprint density at radius 3 is 1.57 bits per heavy atom. The van der Waals surface area contributed by atoms with E-state index in [9.17, 15) is 0 Å². The molecule has 0 spiro atoms. The third-order valence-corrected chi connectivity index (χ3v) is 2.72. The van der Waals surface area contributed by atoms with Crippen LogP contribution >= 0.6 is 20.8 Å². The summed E-state index contributed by atoms with van der Waals surface area (Å²) in [6.45, 7) is 10.3. The molecule has 0 aliphatic carbocycles. The zero-order valence-electron chi connectivity index (χ0n) is 5.11. The summed E-state index contributed by atoms with van der Waals surface area (Å²) in [7, 11) is 0. The standard InChI is InChI=1S/C5H12BrP/c1-5-7(2,3,4)6/h5H,1H2,2-4H3. The molecule has 0 aromatic heterocycles. The van der Waals surface area contributed by atoms with Crippen molar-refractivity contribution in [2.75, 3.05) is 20.0 Å². The fourth-order valence-electron chi connectivity index (χ4n) is 0. The molecule has 0 saturated heterocycles. The number of rotatable bonds is 1. The quantitative estimate of drug-likeness (QED) is 0.548. The molecule has 0 fully saturated rings. The summed E-state index contributed by atoms with van der Waals surface area (Å²) >= 11 is 3.59. The van der Waals surface area contributed by atoms with Crippen molar-refractivity contribution in [3.63, 3.8) is 0 Å². The third kappa shape index (κ3) is 6.65. The zero-order chi connectivity index (χ0) is 6.15. The second-order valence-corrected chi connectivity index (χ2v) is 16.3. The number of halogens is 1. The van der Waals surface area contributed by atoms with Crippen molar-refractivity contribution in [3.05, 3.63) is 12.4 Å². The number of hydrogen-bond donors (Lipinski definition) is 0. The van der Waals surface area contributed by atoms with E-state index in [2.05, 4.69) is 42.1 Å². The summed E-state index contributed by atoms with van der Waals surface area (Å²) in [6.07, 6.45) is 0. The maximum atomic E-state index is 3.71. The van der Waals surface area contributed by atoms with Crippen LogP contribution in [0.5, 0.6) is 0 Å². The monoisotopic (exact) mass is 182 g/mol. The molecule has 0 rings (SSSR count). The molecule has 44 valence electrons. The third-order valence-electron chi connectivity index (χ3n) is 0.617. The van der Waals surface area contributed by atoms with Crippen LogP contribution in [0.2, 0.25) is 0 Å². The van der Waals surface area contributed by atoms with Gasteiger partial charge in [-0.3, -0.25) is 0 Å². The first-order chi connectivity index (χ1) is 2.81. The molecule has 0 aliphatic rings. The molecule has 0 saturated carbocycles. The van der Waals surface area contributed by atoms with Gasteiger partial charge in [0, 0.05) is 0 Å². The Bertz CT molecular complexity index is 78.7. The Kier molecular flexibility index (Phi) is 1.71. The fourth-order valence-corrected chi connectivity index (χ4v) is 0. The van der Waals surface area contributed by atoms with Gasteiger partial charge in [-0.05, 0) is 0 Å². The van der Waals surface area contributed by atoms with Crippen molar-refractivity contribution in [2.45, 2.75) is 0 Å². The molecule has 0 aromatic rings. The van der Waals surface area contributed by atoms with Crippen molar-refractivity contribution >= 4 is 20.8 Å². The molecule has 0 heterocycles. The SMILES string of the molecule is C=CP(C)(C)(C)Br. The minimum atomic E-state index is -1.50. The van der Waals surface area contributed by atoms with Gasteiger partial charge >= 0.3 is 53.2 Å².